The lowest BCUT2D eigenvalue weighted by Crippen LogP contribution is -2.51. The summed E-state index contributed by atoms with van der Waals surface area (Å²) in [5.41, 5.74) is 9.47. The van der Waals surface area contributed by atoms with Crippen molar-refractivity contribution in [1.29, 1.82) is 0 Å². The van der Waals surface area contributed by atoms with Crippen LogP contribution in [0.25, 0.3) is 10.4 Å². The molecule has 0 saturated carbocycles. The maximum absolute atomic E-state index is 14.0. The van der Waals surface area contributed by atoms with Crippen LogP contribution in [0, 0.1) is 11.8 Å². The second kappa shape index (κ2) is 18.1. The van der Waals surface area contributed by atoms with E-state index >= 15 is 0 Å². The Hall–Kier alpha value is -2.47. The lowest BCUT2D eigenvalue weighted by Gasteiger charge is -2.40. The Bertz CT molecular complexity index is 1020. The molecule has 0 spiro atoms. The van der Waals surface area contributed by atoms with Crippen molar-refractivity contribution in [2.75, 3.05) is 13.8 Å². The van der Waals surface area contributed by atoms with Gasteiger partial charge in [0, 0.05) is 22.8 Å². The molecule has 0 aliphatic heterocycles. The zero-order chi connectivity index (χ0) is 31.2. The fourth-order valence-electron chi connectivity index (χ4n) is 4.71. The van der Waals surface area contributed by atoms with E-state index in [2.05, 4.69) is 35.8 Å². The Balaban J connectivity index is 3.65. The Morgan fingerprint density at radius 2 is 1.76 bits per heavy atom. The van der Waals surface area contributed by atoms with Crippen molar-refractivity contribution in [1.82, 2.24) is 9.88 Å². The standard InChI is InChI=1S/C28H49N5O6SSi/c1-10-15-24(34)38-18-33(27(35)25(31-32-29)20(8)11-2)22(19(6)7)16-23(39-41(12-3,13-4)14-5)26-30-21(17-40-26)28(36)37-9/h17,19-20,22-23,25H,10-16,18H2,1-9H3/t20?,22-,23-,25+/m1/s1. The topological polar surface area (TPSA) is 144 Å². The molecule has 41 heavy (non-hydrogen) atoms. The molecule has 0 aliphatic rings. The number of carbonyl (C=O) groups is 3. The van der Waals surface area contributed by atoms with Crippen molar-refractivity contribution in [2.45, 2.75) is 117 Å². The highest BCUT2D eigenvalue weighted by atomic mass is 32.1. The number of hydrogen-bond acceptors (Lipinski definition) is 9. The smallest absolute Gasteiger partial charge is 0.357 e. The molecular formula is C28H49N5O6SSi. The van der Waals surface area contributed by atoms with Crippen molar-refractivity contribution in [3.8, 4) is 0 Å². The molecule has 0 saturated heterocycles. The lowest BCUT2D eigenvalue weighted by atomic mass is 9.93. The van der Waals surface area contributed by atoms with Crippen molar-refractivity contribution in [3.05, 3.63) is 26.5 Å². The highest BCUT2D eigenvalue weighted by molar-refractivity contribution is 7.09. The normalized spacial score (nSPS) is 14.5. The summed E-state index contributed by atoms with van der Waals surface area (Å²) < 4.78 is 17.4. The first-order valence-electron chi connectivity index (χ1n) is 14.7. The van der Waals surface area contributed by atoms with E-state index in [1.165, 1.54) is 23.3 Å². The Morgan fingerprint density at radius 3 is 2.24 bits per heavy atom. The molecule has 11 nitrogen and oxygen atoms in total. The van der Waals surface area contributed by atoms with Gasteiger partial charge in [-0.3, -0.25) is 9.59 Å². The van der Waals surface area contributed by atoms with E-state index in [4.69, 9.17) is 13.9 Å². The highest BCUT2D eigenvalue weighted by Crippen LogP contribution is 2.36. The van der Waals surface area contributed by atoms with Gasteiger partial charge >= 0.3 is 11.9 Å². The number of rotatable bonds is 19. The Labute approximate surface area is 250 Å². The number of methoxy groups -OCH3 is 1. The van der Waals surface area contributed by atoms with Gasteiger partial charge in [0.25, 0.3) is 0 Å². The monoisotopic (exact) mass is 611 g/mol. The minimum atomic E-state index is -2.16. The van der Waals surface area contributed by atoms with E-state index in [0.717, 1.165) is 18.1 Å². The van der Waals surface area contributed by atoms with Crippen LogP contribution in [0.1, 0.15) is 103 Å². The summed E-state index contributed by atoms with van der Waals surface area (Å²) in [4.78, 5) is 47.7. The number of aromatic nitrogens is 1. The first-order chi connectivity index (χ1) is 19.5. The number of azide groups is 1. The van der Waals surface area contributed by atoms with Crippen molar-refractivity contribution in [2.24, 2.45) is 17.0 Å². The molecule has 0 aromatic carbocycles. The van der Waals surface area contributed by atoms with Crippen LogP contribution in [0.3, 0.4) is 0 Å². The summed E-state index contributed by atoms with van der Waals surface area (Å²) in [5.74, 6) is -1.60. The third kappa shape index (κ3) is 10.4. The van der Waals surface area contributed by atoms with Crippen LogP contribution >= 0.6 is 11.3 Å². The first kappa shape index (κ1) is 36.6. The maximum atomic E-state index is 14.0. The molecule has 4 atom stereocenters. The van der Waals surface area contributed by atoms with Gasteiger partial charge in [-0.25, -0.2) is 9.78 Å². The SMILES string of the molecule is CCCC(=O)OCN(C(=O)[C@@H](N=[N+]=[N-])C(C)CC)[C@H](C[C@@H](O[Si](CC)(CC)CC)c1nc(C(=O)OC)cs1)C(C)C. The maximum Gasteiger partial charge on any atom is 0.357 e. The van der Waals surface area contributed by atoms with E-state index in [1.807, 2.05) is 34.6 Å². The number of esters is 2. The molecule has 1 unspecified atom stereocenters. The highest BCUT2D eigenvalue weighted by Gasteiger charge is 2.39. The molecule has 232 valence electrons. The van der Waals surface area contributed by atoms with Gasteiger partial charge in [-0.05, 0) is 48.3 Å². The number of ether oxygens (including phenoxy) is 2. The quantitative estimate of drug-likeness (QED) is 0.0400. The third-order valence-corrected chi connectivity index (χ3v) is 13.4. The molecule has 1 aromatic heterocycles. The largest absolute Gasteiger partial charge is 0.464 e. The van der Waals surface area contributed by atoms with Crippen LogP contribution in [-0.4, -0.2) is 62.0 Å². The van der Waals surface area contributed by atoms with Crippen LogP contribution < -0.4 is 0 Å². The van der Waals surface area contributed by atoms with Crippen LogP contribution in [0.4, 0.5) is 0 Å². The number of hydrogen-bond donors (Lipinski definition) is 0. The fourth-order valence-corrected chi connectivity index (χ4v) is 8.43. The molecule has 1 amide bonds. The lowest BCUT2D eigenvalue weighted by molar-refractivity contribution is -0.158. The van der Waals surface area contributed by atoms with Gasteiger partial charge in [-0.15, -0.1) is 11.3 Å². The van der Waals surface area contributed by atoms with E-state index in [9.17, 15) is 19.9 Å². The summed E-state index contributed by atoms with van der Waals surface area (Å²) in [6.07, 6.45) is 1.35. The van der Waals surface area contributed by atoms with Gasteiger partial charge in [0.1, 0.15) is 11.0 Å². The summed E-state index contributed by atoms with van der Waals surface area (Å²) in [6, 6.07) is 1.33. The minimum absolute atomic E-state index is 0.0699. The average molecular weight is 612 g/mol. The predicted molar refractivity (Wildman–Crippen MR) is 163 cm³/mol. The number of carbonyl (C=O) groups excluding carboxylic acids is 3. The van der Waals surface area contributed by atoms with Crippen molar-refractivity contribution >= 4 is 37.5 Å². The molecule has 1 rings (SSSR count). The van der Waals surface area contributed by atoms with Crippen molar-refractivity contribution in [3.63, 3.8) is 0 Å². The van der Waals surface area contributed by atoms with E-state index in [1.54, 1.807) is 5.38 Å². The van der Waals surface area contributed by atoms with Crippen LogP contribution in [0.15, 0.2) is 10.5 Å². The van der Waals surface area contributed by atoms with Gasteiger partial charge in [0.2, 0.25) is 5.91 Å². The summed E-state index contributed by atoms with van der Waals surface area (Å²) >= 11 is 1.33. The Kier molecular flexibility index (Phi) is 16.2. The van der Waals surface area contributed by atoms with Gasteiger partial charge in [0.15, 0.2) is 20.7 Å². The first-order valence-corrected chi connectivity index (χ1v) is 18.1. The van der Waals surface area contributed by atoms with E-state index in [0.29, 0.717) is 24.3 Å². The van der Waals surface area contributed by atoms with Gasteiger partial charge < -0.3 is 18.8 Å². The third-order valence-electron chi connectivity index (χ3n) is 7.86. The molecule has 1 heterocycles. The summed E-state index contributed by atoms with van der Waals surface area (Å²) in [7, 11) is -0.850. The van der Waals surface area contributed by atoms with E-state index < -0.39 is 44.4 Å². The van der Waals surface area contributed by atoms with Crippen LogP contribution in [0.5, 0.6) is 0 Å². The molecular weight excluding hydrogens is 562 g/mol. The second-order valence-corrected chi connectivity index (χ2v) is 16.3. The zero-order valence-electron chi connectivity index (χ0n) is 26.2. The van der Waals surface area contributed by atoms with E-state index in [-0.39, 0.29) is 30.7 Å². The van der Waals surface area contributed by atoms with Crippen molar-refractivity contribution < 1.29 is 28.3 Å². The van der Waals surface area contributed by atoms with Gasteiger partial charge in [-0.1, -0.05) is 66.9 Å². The Morgan fingerprint density at radius 1 is 1.12 bits per heavy atom. The number of thiazole rings is 1. The van der Waals surface area contributed by atoms with Crippen LogP contribution in [-0.2, 0) is 23.5 Å². The molecule has 13 heteroatoms. The van der Waals surface area contributed by atoms with Gasteiger partial charge in [-0.2, -0.15) is 0 Å². The zero-order valence-corrected chi connectivity index (χ0v) is 28.0. The predicted octanol–water partition coefficient (Wildman–Crippen LogP) is 7.26. The van der Waals surface area contributed by atoms with Crippen LogP contribution in [0.2, 0.25) is 18.1 Å². The number of amides is 1. The molecule has 0 N–H and O–H groups in total. The van der Waals surface area contributed by atoms with Gasteiger partial charge in [0.05, 0.1) is 13.2 Å². The molecule has 0 bridgehead atoms. The molecule has 0 aliphatic carbocycles. The molecule has 0 fully saturated rings. The average Bonchev–Trinajstić information content (AvgIpc) is 3.46. The molecule has 1 aromatic rings. The summed E-state index contributed by atoms with van der Waals surface area (Å²) in [5, 5.41) is 6.14. The minimum Gasteiger partial charge on any atom is -0.464 e. The summed E-state index contributed by atoms with van der Waals surface area (Å²) in [6.45, 7) is 15.8. The second-order valence-electron chi connectivity index (χ2n) is 10.7. The fraction of sp³-hybridized carbons (Fsp3) is 0.786. The molecule has 0 radical (unpaired) electrons. The number of nitrogens with zero attached hydrogens (tertiary/aromatic N) is 5.